The zero-order chi connectivity index (χ0) is 21.9. The molecule has 1 N–H and O–H groups in total. The Morgan fingerprint density at radius 3 is 2.19 bits per heavy atom. The van der Waals surface area contributed by atoms with Gasteiger partial charge in [-0.2, -0.15) is 0 Å². The molecule has 0 spiro atoms. The molecule has 0 aliphatic carbocycles. The summed E-state index contributed by atoms with van der Waals surface area (Å²) in [6.45, 7) is 5.40. The van der Waals surface area contributed by atoms with Crippen LogP contribution in [-0.2, 0) is 0 Å². The summed E-state index contributed by atoms with van der Waals surface area (Å²) < 4.78 is 0. The second-order valence-corrected chi connectivity index (χ2v) is 9.50. The third-order valence-electron chi connectivity index (χ3n) is 6.72. The van der Waals surface area contributed by atoms with Gasteiger partial charge in [-0.3, -0.25) is 4.90 Å². The van der Waals surface area contributed by atoms with Gasteiger partial charge in [0.15, 0.2) is 0 Å². The summed E-state index contributed by atoms with van der Waals surface area (Å²) in [6, 6.07) is 27.6. The lowest BCUT2D eigenvalue weighted by molar-refractivity contribution is 0.252. The van der Waals surface area contributed by atoms with Crippen LogP contribution in [0.1, 0.15) is 35.1 Å². The average molecular weight is 462 g/mol. The minimum Gasteiger partial charge on any atom is -0.369 e. The first-order valence-corrected chi connectivity index (χ1v) is 12.1. The van der Waals surface area contributed by atoms with Crippen molar-refractivity contribution < 1.29 is 0 Å². The average Bonchev–Trinajstić information content (AvgIpc) is 2.84. The van der Waals surface area contributed by atoms with E-state index < -0.39 is 0 Å². The third kappa shape index (κ3) is 4.54. The Hall–Kier alpha value is -2.40. The number of piperazine rings is 1. The number of hydrogen-bond donors (Lipinski definition) is 1. The van der Waals surface area contributed by atoms with Gasteiger partial charge >= 0.3 is 0 Å². The number of benzene rings is 3. The SMILES string of the molecule is S=C1NC(c2ccc(Cl)cc2)c2ccccc2C1CCN1CCN(c2ccccc2)CC1. The van der Waals surface area contributed by atoms with E-state index in [-0.39, 0.29) is 12.0 Å². The van der Waals surface area contributed by atoms with E-state index in [1.807, 2.05) is 12.1 Å². The van der Waals surface area contributed by atoms with Crippen molar-refractivity contribution in [3.63, 3.8) is 0 Å². The number of halogens is 1. The van der Waals surface area contributed by atoms with Crippen molar-refractivity contribution in [2.45, 2.75) is 18.4 Å². The van der Waals surface area contributed by atoms with Crippen molar-refractivity contribution in [1.82, 2.24) is 10.2 Å². The van der Waals surface area contributed by atoms with Gasteiger partial charge in [-0.1, -0.05) is 78.4 Å². The summed E-state index contributed by atoms with van der Waals surface area (Å²) >= 11 is 12.0. The van der Waals surface area contributed by atoms with E-state index in [0.717, 1.165) is 49.2 Å². The van der Waals surface area contributed by atoms with Crippen LogP contribution in [0, 0.1) is 0 Å². The van der Waals surface area contributed by atoms with Crippen LogP contribution in [0.5, 0.6) is 0 Å². The molecule has 2 aliphatic rings. The highest BCUT2D eigenvalue weighted by Crippen LogP contribution is 2.37. The van der Waals surface area contributed by atoms with E-state index in [2.05, 4.69) is 81.8 Å². The van der Waals surface area contributed by atoms with E-state index in [4.69, 9.17) is 23.8 Å². The van der Waals surface area contributed by atoms with Crippen LogP contribution in [0.4, 0.5) is 5.69 Å². The quantitative estimate of drug-likeness (QED) is 0.494. The number of thiocarbonyl (C=S) groups is 1. The van der Waals surface area contributed by atoms with Crippen LogP contribution in [0.15, 0.2) is 78.9 Å². The van der Waals surface area contributed by atoms with Gasteiger partial charge in [-0.25, -0.2) is 0 Å². The lowest BCUT2D eigenvalue weighted by Gasteiger charge is -2.38. The Labute approximate surface area is 201 Å². The van der Waals surface area contributed by atoms with Crippen LogP contribution in [0.25, 0.3) is 0 Å². The minimum atomic E-state index is 0.0848. The molecule has 164 valence electrons. The van der Waals surface area contributed by atoms with E-state index in [1.54, 1.807) is 0 Å². The van der Waals surface area contributed by atoms with Crippen molar-refractivity contribution in [2.24, 2.45) is 0 Å². The van der Waals surface area contributed by atoms with E-state index in [0.29, 0.717) is 0 Å². The highest BCUT2D eigenvalue weighted by Gasteiger charge is 2.31. The maximum absolute atomic E-state index is 6.11. The van der Waals surface area contributed by atoms with Crippen molar-refractivity contribution in [3.05, 3.63) is 101 Å². The molecule has 3 aromatic carbocycles. The molecule has 3 aromatic rings. The predicted octanol–water partition coefficient (Wildman–Crippen LogP) is 5.66. The highest BCUT2D eigenvalue weighted by molar-refractivity contribution is 7.80. The van der Waals surface area contributed by atoms with Crippen molar-refractivity contribution in [2.75, 3.05) is 37.6 Å². The first-order chi connectivity index (χ1) is 15.7. The fraction of sp³-hybridized carbons (Fsp3) is 0.296. The van der Waals surface area contributed by atoms with Gasteiger partial charge in [0.2, 0.25) is 0 Å². The monoisotopic (exact) mass is 461 g/mol. The Morgan fingerprint density at radius 1 is 0.812 bits per heavy atom. The normalized spacial score (nSPS) is 21.2. The molecule has 5 rings (SSSR count). The van der Waals surface area contributed by atoms with Crippen LogP contribution >= 0.6 is 23.8 Å². The summed E-state index contributed by atoms with van der Waals surface area (Å²) in [5.74, 6) is 0.261. The number of para-hydroxylation sites is 1. The number of fused-ring (bicyclic) bond motifs is 1. The predicted molar refractivity (Wildman–Crippen MR) is 138 cm³/mol. The summed E-state index contributed by atoms with van der Waals surface area (Å²) in [5, 5.41) is 4.39. The first kappa shape index (κ1) is 21.4. The van der Waals surface area contributed by atoms with E-state index in [1.165, 1.54) is 22.4 Å². The molecular formula is C27H28ClN3S. The summed E-state index contributed by atoms with van der Waals surface area (Å²) in [6.07, 6.45) is 1.04. The van der Waals surface area contributed by atoms with Gasteiger partial charge in [0, 0.05) is 42.8 Å². The minimum absolute atomic E-state index is 0.0848. The molecule has 3 nitrogen and oxygen atoms in total. The number of rotatable bonds is 5. The zero-order valence-corrected chi connectivity index (χ0v) is 19.7. The molecule has 0 radical (unpaired) electrons. The Bertz CT molecular complexity index is 1060. The van der Waals surface area contributed by atoms with Crippen molar-refractivity contribution in [3.8, 4) is 0 Å². The fourth-order valence-electron chi connectivity index (χ4n) is 4.94. The Kier molecular flexibility index (Phi) is 6.44. The highest BCUT2D eigenvalue weighted by atomic mass is 35.5. The number of hydrogen-bond acceptors (Lipinski definition) is 3. The molecule has 2 unspecified atom stereocenters. The number of anilines is 1. The topological polar surface area (TPSA) is 18.5 Å². The second kappa shape index (κ2) is 9.62. The molecule has 2 atom stereocenters. The largest absolute Gasteiger partial charge is 0.369 e. The van der Waals surface area contributed by atoms with E-state index >= 15 is 0 Å². The Balaban J connectivity index is 1.26. The molecule has 1 saturated heterocycles. The molecular weight excluding hydrogens is 434 g/mol. The molecule has 0 saturated carbocycles. The maximum Gasteiger partial charge on any atom is 0.0837 e. The van der Waals surface area contributed by atoms with Gasteiger partial charge in [0.1, 0.15) is 0 Å². The summed E-state index contributed by atoms with van der Waals surface area (Å²) in [7, 11) is 0. The summed E-state index contributed by atoms with van der Waals surface area (Å²) in [5.41, 5.74) is 5.20. The molecule has 2 aliphatic heterocycles. The maximum atomic E-state index is 6.11. The second-order valence-electron chi connectivity index (χ2n) is 8.63. The van der Waals surface area contributed by atoms with Crippen LogP contribution in [0.2, 0.25) is 5.02 Å². The van der Waals surface area contributed by atoms with Gasteiger partial charge in [0.05, 0.1) is 11.0 Å². The van der Waals surface area contributed by atoms with Gasteiger partial charge in [-0.05, 0) is 53.9 Å². The van der Waals surface area contributed by atoms with Crippen LogP contribution < -0.4 is 10.2 Å². The van der Waals surface area contributed by atoms with Gasteiger partial charge in [0.25, 0.3) is 0 Å². The van der Waals surface area contributed by atoms with Crippen molar-refractivity contribution >= 4 is 34.5 Å². The molecule has 5 heteroatoms. The number of nitrogens with one attached hydrogen (secondary N) is 1. The van der Waals surface area contributed by atoms with Crippen LogP contribution in [-0.4, -0.2) is 42.6 Å². The van der Waals surface area contributed by atoms with Gasteiger partial charge < -0.3 is 10.2 Å². The zero-order valence-electron chi connectivity index (χ0n) is 18.1. The molecule has 32 heavy (non-hydrogen) atoms. The smallest absolute Gasteiger partial charge is 0.0837 e. The lowest BCUT2D eigenvalue weighted by Crippen LogP contribution is -2.47. The van der Waals surface area contributed by atoms with Crippen molar-refractivity contribution in [1.29, 1.82) is 0 Å². The fourth-order valence-corrected chi connectivity index (χ4v) is 5.43. The number of nitrogens with zero attached hydrogens (tertiary/aromatic N) is 2. The lowest BCUT2D eigenvalue weighted by atomic mass is 9.82. The standard InChI is InChI=1S/C27H28ClN3S/c28-21-12-10-20(11-13-21)26-24-9-5-4-8-23(24)25(27(32)29-26)14-15-30-16-18-31(19-17-30)22-6-2-1-3-7-22/h1-13,25-26H,14-19H2,(H,29,32). The molecule has 0 amide bonds. The first-order valence-electron chi connectivity index (χ1n) is 11.4. The van der Waals surface area contributed by atoms with E-state index in [9.17, 15) is 0 Å². The Morgan fingerprint density at radius 2 is 1.47 bits per heavy atom. The molecule has 1 fully saturated rings. The third-order valence-corrected chi connectivity index (χ3v) is 7.37. The van der Waals surface area contributed by atoms with Crippen LogP contribution in [0.3, 0.4) is 0 Å². The molecule has 2 heterocycles. The molecule has 0 aromatic heterocycles. The van der Waals surface area contributed by atoms with Gasteiger partial charge in [-0.15, -0.1) is 0 Å². The summed E-state index contributed by atoms with van der Waals surface area (Å²) in [4.78, 5) is 6.01. The molecule has 0 bridgehead atoms.